The number of nitrogens with zero attached hydrogens (tertiary/aromatic N) is 1. The summed E-state index contributed by atoms with van der Waals surface area (Å²) in [5.74, 6) is 0.338. The third-order valence-electron chi connectivity index (χ3n) is 5.91. The van der Waals surface area contributed by atoms with Crippen LogP contribution in [-0.2, 0) is 0 Å². The molecule has 2 N–H and O–H groups in total. The Morgan fingerprint density at radius 1 is 1.11 bits per heavy atom. The molecular weight excluding hydrogens is 512 g/mol. The molecule has 0 fully saturated rings. The smallest absolute Gasteiger partial charge is 0.379 e. The van der Waals surface area contributed by atoms with Gasteiger partial charge in [0.2, 0.25) is 11.6 Å². The molecular formula is C27H19BrN2O5. The van der Waals surface area contributed by atoms with Crippen molar-refractivity contribution < 1.29 is 23.4 Å². The minimum Gasteiger partial charge on any atom is -0.497 e. The highest BCUT2D eigenvalue weighted by molar-refractivity contribution is 9.10. The molecule has 0 bridgehead atoms. The van der Waals surface area contributed by atoms with Crippen molar-refractivity contribution in [3.05, 3.63) is 99.0 Å². The van der Waals surface area contributed by atoms with Crippen LogP contribution in [0.25, 0.3) is 11.0 Å². The number of nitriles is 1. The van der Waals surface area contributed by atoms with Crippen LogP contribution in [0.4, 0.5) is 0 Å². The van der Waals surface area contributed by atoms with Crippen molar-refractivity contribution in [3.63, 3.8) is 0 Å². The SMILES string of the molecule is COc1cccc(C2C(C#N)=C(N)Oc3cc(OC(=O)c4oc5cc(Br)ccc5c4C)ccc32)c1. The van der Waals surface area contributed by atoms with Crippen LogP contribution >= 0.6 is 15.9 Å². The fourth-order valence-electron chi connectivity index (χ4n) is 4.21. The van der Waals surface area contributed by atoms with Crippen molar-refractivity contribution in [1.82, 2.24) is 0 Å². The number of aryl methyl sites for hydroxylation is 1. The van der Waals surface area contributed by atoms with Gasteiger partial charge in [0.05, 0.1) is 13.0 Å². The van der Waals surface area contributed by atoms with Gasteiger partial charge in [0, 0.05) is 27.1 Å². The molecule has 1 aromatic heterocycles. The summed E-state index contributed by atoms with van der Waals surface area (Å²) in [4.78, 5) is 12.9. The van der Waals surface area contributed by atoms with Gasteiger partial charge in [-0.05, 0) is 48.9 Å². The molecule has 0 saturated carbocycles. The van der Waals surface area contributed by atoms with Crippen LogP contribution in [0.1, 0.15) is 33.2 Å². The maximum absolute atomic E-state index is 12.9. The molecule has 1 unspecified atom stereocenters. The average Bonchev–Trinajstić information content (AvgIpc) is 3.18. The maximum atomic E-state index is 12.9. The topological polar surface area (TPSA) is 108 Å². The van der Waals surface area contributed by atoms with Gasteiger partial charge in [-0.15, -0.1) is 0 Å². The van der Waals surface area contributed by atoms with Gasteiger partial charge in [-0.3, -0.25) is 0 Å². The Morgan fingerprint density at radius 3 is 2.71 bits per heavy atom. The van der Waals surface area contributed by atoms with E-state index in [1.807, 2.05) is 36.4 Å². The molecule has 4 aromatic rings. The van der Waals surface area contributed by atoms with Crippen molar-refractivity contribution in [3.8, 4) is 23.3 Å². The van der Waals surface area contributed by atoms with E-state index in [2.05, 4.69) is 22.0 Å². The lowest BCUT2D eigenvalue weighted by atomic mass is 9.83. The standard InChI is InChI=1S/C27H19BrN2O5/c1-14-19-8-6-16(28)11-22(19)34-25(14)27(31)33-18-7-9-20-23(12-18)35-26(30)21(13-29)24(20)15-4-3-5-17(10-15)32-2/h3-12,24H,30H2,1-2H3. The Hall–Kier alpha value is -4.22. The molecule has 8 heteroatoms. The van der Waals surface area contributed by atoms with E-state index in [0.717, 1.165) is 15.4 Å². The number of carbonyl (C=O) groups is 1. The Morgan fingerprint density at radius 2 is 1.94 bits per heavy atom. The van der Waals surface area contributed by atoms with Gasteiger partial charge in [0.1, 0.15) is 34.5 Å². The second-order valence-electron chi connectivity index (χ2n) is 7.99. The van der Waals surface area contributed by atoms with E-state index in [9.17, 15) is 10.1 Å². The van der Waals surface area contributed by atoms with Crippen molar-refractivity contribution in [1.29, 1.82) is 5.26 Å². The molecule has 0 radical (unpaired) electrons. The van der Waals surface area contributed by atoms with Crippen LogP contribution < -0.4 is 19.9 Å². The monoisotopic (exact) mass is 530 g/mol. The van der Waals surface area contributed by atoms with E-state index in [1.165, 1.54) is 0 Å². The van der Waals surface area contributed by atoms with Gasteiger partial charge >= 0.3 is 5.97 Å². The van der Waals surface area contributed by atoms with Gasteiger partial charge in [-0.25, -0.2) is 4.79 Å². The Balaban J connectivity index is 1.49. The number of hydrogen-bond acceptors (Lipinski definition) is 7. The van der Waals surface area contributed by atoms with Crippen LogP contribution in [0.15, 0.2) is 81.0 Å². The minimum atomic E-state index is -0.629. The van der Waals surface area contributed by atoms with Gasteiger partial charge in [0.15, 0.2) is 0 Å². The van der Waals surface area contributed by atoms with E-state index in [-0.39, 0.29) is 17.4 Å². The first kappa shape index (κ1) is 22.6. The normalized spacial score (nSPS) is 14.7. The predicted molar refractivity (Wildman–Crippen MR) is 132 cm³/mol. The van der Waals surface area contributed by atoms with Gasteiger partial charge in [0.25, 0.3) is 0 Å². The third kappa shape index (κ3) is 4.00. The van der Waals surface area contributed by atoms with Crippen LogP contribution in [0, 0.1) is 18.3 Å². The number of benzene rings is 3. The first-order chi connectivity index (χ1) is 16.9. The maximum Gasteiger partial charge on any atom is 0.379 e. The van der Waals surface area contributed by atoms with E-state index in [0.29, 0.717) is 33.8 Å². The Bertz CT molecular complexity index is 1560. The second-order valence-corrected chi connectivity index (χ2v) is 8.90. The highest BCUT2D eigenvalue weighted by atomic mass is 79.9. The largest absolute Gasteiger partial charge is 0.497 e. The quantitative estimate of drug-likeness (QED) is 0.256. The van der Waals surface area contributed by atoms with Gasteiger partial charge < -0.3 is 24.4 Å². The van der Waals surface area contributed by atoms with Gasteiger partial charge in [-0.2, -0.15) is 5.26 Å². The van der Waals surface area contributed by atoms with Crippen LogP contribution in [0.5, 0.6) is 17.2 Å². The number of halogens is 1. The molecule has 0 spiro atoms. The van der Waals surface area contributed by atoms with Gasteiger partial charge in [-0.1, -0.05) is 34.1 Å². The lowest BCUT2D eigenvalue weighted by Gasteiger charge is -2.27. The molecule has 0 aliphatic carbocycles. The summed E-state index contributed by atoms with van der Waals surface area (Å²) in [5, 5.41) is 10.6. The molecule has 1 aliphatic heterocycles. The fraction of sp³-hybridized carbons (Fsp3) is 0.111. The number of esters is 1. The Labute approximate surface area is 209 Å². The first-order valence-corrected chi connectivity index (χ1v) is 11.4. The number of rotatable bonds is 4. The Kier molecular flexibility index (Phi) is 5.71. The molecule has 0 saturated heterocycles. The summed E-state index contributed by atoms with van der Waals surface area (Å²) in [6.07, 6.45) is 0. The van der Waals surface area contributed by atoms with Crippen molar-refractivity contribution in [2.75, 3.05) is 7.11 Å². The lowest BCUT2D eigenvalue weighted by Crippen LogP contribution is -2.21. The number of hydrogen-bond donors (Lipinski definition) is 1. The molecule has 0 amide bonds. The molecule has 1 aliphatic rings. The number of methoxy groups -OCH3 is 1. The number of nitrogens with two attached hydrogens (primary N) is 1. The zero-order chi connectivity index (χ0) is 24.7. The summed E-state index contributed by atoms with van der Waals surface area (Å²) >= 11 is 3.40. The van der Waals surface area contributed by atoms with Crippen LogP contribution in [-0.4, -0.2) is 13.1 Å². The molecule has 174 valence electrons. The van der Waals surface area contributed by atoms with E-state index in [1.54, 1.807) is 38.3 Å². The summed E-state index contributed by atoms with van der Waals surface area (Å²) in [6, 6.07) is 20.1. The number of fused-ring (bicyclic) bond motifs is 2. The third-order valence-corrected chi connectivity index (χ3v) is 6.41. The van der Waals surface area contributed by atoms with Crippen LogP contribution in [0.2, 0.25) is 0 Å². The summed E-state index contributed by atoms with van der Waals surface area (Å²) in [5.41, 5.74) is 9.20. The van der Waals surface area contributed by atoms with E-state index in [4.69, 9.17) is 24.4 Å². The van der Waals surface area contributed by atoms with Crippen molar-refractivity contribution in [2.45, 2.75) is 12.8 Å². The fourth-order valence-corrected chi connectivity index (χ4v) is 4.55. The van der Waals surface area contributed by atoms with Crippen molar-refractivity contribution >= 4 is 32.9 Å². The molecule has 5 rings (SSSR count). The number of carbonyl (C=O) groups excluding carboxylic acids is 1. The summed E-state index contributed by atoms with van der Waals surface area (Å²) in [7, 11) is 1.58. The number of furan rings is 1. The molecule has 35 heavy (non-hydrogen) atoms. The highest BCUT2D eigenvalue weighted by Crippen LogP contribution is 2.44. The molecule has 7 nitrogen and oxygen atoms in total. The van der Waals surface area contributed by atoms with Crippen molar-refractivity contribution in [2.24, 2.45) is 5.73 Å². The van der Waals surface area contributed by atoms with E-state index >= 15 is 0 Å². The minimum absolute atomic E-state index is 0.00463. The molecule has 2 heterocycles. The van der Waals surface area contributed by atoms with E-state index < -0.39 is 11.9 Å². The lowest BCUT2D eigenvalue weighted by molar-refractivity contribution is 0.0702. The van der Waals surface area contributed by atoms with Crippen LogP contribution in [0.3, 0.4) is 0 Å². The highest BCUT2D eigenvalue weighted by Gasteiger charge is 2.31. The number of ether oxygens (including phenoxy) is 3. The zero-order valence-corrected chi connectivity index (χ0v) is 20.4. The first-order valence-electron chi connectivity index (χ1n) is 10.7. The summed E-state index contributed by atoms with van der Waals surface area (Å²) in [6.45, 7) is 1.81. The predicted octanol–water partition coefficient (Wildman–Crippen LogP) is 5.95. The molecule has 1 atom stereocenters. The number of allylic oxidation sites excluding steroid dienone is 1. The average molecular weight is 531 g/mol. The zero-order valence-electron chi connectivity index (χ0n) is 18.8. The second kappa shape index (κ2) is 8.85. The molecule has 3 aromatic carbocycles. The summed E-state index contributed by atoms with van der Waals surface area (Å²) < 4.78 is 23.3.